The van der Waals surface area contributed by atoms with Gasteiger partial charge in [0.1, 0.15) is 11.6 Å². The zero-order valence-electron chi connectivity index (χ0n) is 17.0. The predicted octanol–water partition coefficient (Wildman–Crippen LogP) is 4.12. The maximum Gasteiger partial charge on any atom is 0.255 e. The van der Waals surface area contributed by atoms with Gasteiger partial charge in [0, 0.05) is 36.6 Å². The number of aromatic nitrogens is 2. The summed E-state index contributed by atoms with van der Waals surface area (Å²) in [6.07, 6.45) is 3.94. The lowest BCUT2D eigenvalue weighted by Crippen LogP contribution is -2.38. The van der Waals surface area contributed by atoms with Crippen LogP contribution >= 0.6 is 0 Å². The van der Waals surface area contributed by atoms with Crippen molar-refractivity contribution in [3.8, 4) is 0 Å². The average molecular weight is 404 g/mol. The predicted molar refractivity (Wildman–Crippen MR) is 115 cm³/mol. The number of nitrogen functional groups attached to an aromatic ring is 1. The third-order valence-electron chi connectivity index (χ3n) is 5.56. The van der Waals surface area contributed by atoms with Gasteiger partial charge >= 0.3 is 0 Å². The standard InChI is InChI=1S/C24H25FN4O/c1-16-11-18(12-17-3-2-4-21(25)13-17)14-22(28-16)19-7-9-29(10-8-19)24(30)20-5-6-23(26)27-15-20/h2-6,11,13-15,19H,7-10,12H2,1H3,(H2,26,27). The molecule has 2 N–H and O–H groups in total. The Bertz CT molecular complexity index is 1040. The van der Waals surface area contributed by atoms with Crippen LogP contribution in [0.3, 0.4) is 0 Å². The molecule has 0 aliphatic carbocycles. The number of benzene rings is 1. The summed E-state index contributed by atoms with van der Waals surface area (Å²) >= 11 is 0. The van der Waals surface area contributed by atoms with E-state index >= 15 is 0 Å². The molecule has 0 spiro atoms. The second-order valence-corrected chi connectivity index (χ2v) is 7.89. The number of pyridine rings is 2. The first-order valence-electron chi connectivity index (χ1n) is 10.2. The third-order valence-corrected chi connectivity index (χ3v) is 5.56. The van der Waals surface area contributed by atoms with Gasteiger partial charge in [-0.3, -0.25) is 9.78 Å². The molecule has 1 fully saturated rings. The van der Waals surface area contributed by atoms with Gasteiger partial charge in [0.15, 0.2) is 0 Å². The maximum absolute atomic E-state index is 13.5. The van der Waals surface area contributed by atoms with Gasteiger partial charge in [0.2, 0.25) is 0 Å². The molecular weight excluding hydrogens is 379 g/mol. The van der Waals surface area contributed by atoms with E-state index in [9.17, 15) is 9.18 Å². The zero-order chi connectivity index (χ0) is 21.1. The smallest absolute Gasteiger partial charge is 0.255 e. The van der Waals surface area contributed by atoms with Crippen molar-refractivity contribution in [1.82, 2.24) is 14.9 Å². The van der Waals surface area contributed by atoms with Gasteiger partial charge in [0.25, 0.3) is 5.91 Å². The summed E-state index contributed by atoms with van der Waals surface area (Å²) in [4.78, 5) is 23.3. The molecule has 0 saturated carbocycles. The number of carbonyl (C=O) groups excluding carboxylic acids is 1. The third kappa shape index (κ3) is 4.64. The van der Waals surface area contributed by atoms with E-state index in [0.717, 1.165) is 35.4 Å². The van der Waals surface area contributed by atoms with Crippen LogP contribution < -0.4 is 5.73 Å². The summed E-state index contributed by atoms with van der Waals surface area (Å²) in [7, 11) is 0. The van der Waals surface area contributed by atoms with E-state index in [0.29, 0.717) is 36.8 Å². The number of aryl methyl sites for hydroxylation is 1. The summed E-state index contributed by atoms with van der Waals surface area (Å²) in [5.41, 5.74) is 10.3. The molecule has 0 radical (unpaired) electrons. The number of amides is 1. The summed E-state index contributed by atoms with van der Waals surface area (Å²) < 4.78 is 13.5. The Morgan fingerprint density at radius 1 is 1.13 bits per heavy atom. The summed E-state index contributed by atoms with van der Waals surface area (Å²) in [5.74, 6) is 0.492. The molecule has 2 aromatic heterocycles. The SMILES string of the molecule is Cc1cc(Cc2cccc(F)c2)cc(C2CCN(C(=O)c3ccc(N)nc3)CC2)n1. The van der Waals surface area contributed by atoms with Crippen LogP contribution in [-0.2, 0) is 6.42 Å². The number of likely N-dealkylation sites (tertiary alicyclic amines) is 1. The summed E-state index contributed by atoms with van der Waals surface area (Å²) in [5, 5.41) is 0. The minimum absolute atomic E-state index is 0.00931. The number of halogens is 1. The van der Waals surface area contributed by atoms with E-state index in [2.05, 4.69) is 17.1 Å². The minimum atomic E-state index is -0.216. The number of anilines is 1. The fourth-order valence-electron chi connectivity index (χ4n) is 4.05. The fourth-order valence-corrected chi connectivity index (χ4v) is 4.05. The molecule has 1 aromatic carbocycles. The van der Waals surface area contributed by atoms with Crippen LogP contribution in [0.2, 0.25) is 0 Å². The Morgan fingerprint density at radius 3 is 2.63 bits per heavy atom. The van der Waals surface area contributed by atoms with E-state index in [1.165, 1.54) is 12.3 Å². The van der Waals surface area contributed by atoms with Crippen molar-refractivity contribution in [2.45, 2.75) is 32.1 Å². The van der Waals surface area contributed by atoms with Crippen molar-refractivity contribution < 1.29 is 9.18 Å². The van der Waals surface area contributed by atoms with Crippen molar-refractivity contribution in [3.63, 3.8) is 0 Å². The highest BCUT2D eigenvalue weighted by Crippen LogP contribution is 2.29. The summed E-state index contributed by atoms with van der Waals surface area (Å²) in [6.45, 7) is 3.36. The van der Waals surface area contributed by atoms with Crippen LogP contribution in [-0.4, -0.2) is 33.9 Å². The zero-order valence-corrected chi connectivity index (χ0v) is 17.0. The Kier molecular flexibility index (Phi) is 5.74. The molecule has 1 saturated heterocycles. The van der Waals surface area contributed by atoms with Gasteiger partial charge in [-0.05, 0) is 73.7 Å². The van der Waals surface area contributed by atoms with Crippen LogP contribution in [0, 0.1) is 12.7 Å². The molecular formula is C24H25FN4O. The van der Waals surface area contributed by atoms with Crippen molar-refractivity contribution in [3.05, 3.63) is 88.6 Å². The lowest BCUT2D eigenvalue weighted by Gasteiger charge is -2.32. The first-order chi connectivity index (χ1) is 14.5. The largest absolute Gasteiger partial charge is 0.384 e. The van der Waals surface area contributed by atoms with Crippen molar-refractivity contribution in [1.29, 1.82) is 0 Å². The lowest BCUT2D eigenvalue weighted by atomic mass is 9.91. The molecule has 154 valence electrons. The molecule has 3 aromatic rings. The van der Waals surface area contributed by atoms with E-state index in [1.807, 2.05) is 17.9 Å². The molecule has 0 bridgehead atoms. The number of hydrogen-bond acceptors (Lipinski definition) is 4. The van der Waals surface area contributed by atoms with Crippen LogP contribution in [0.25, 0.3) is 0 Å². The highest BCUT2D eigenvalue weighted by atomic mass is 19.1. The van der Waals surface area contributed by atoms with E-state index in [1.54, 1.807) is 24.3 Å². The molecule has 5 nitrogen and oxygen atoms in total. The number of rotatable bonds is 4. The van der Waals surface area contributed by atoms with E-state index in [-0.39, 0.29) is 11.7 Å². The number of carbonyl (C=O) groups is 1. The summed E-state index contributed by atoms with van der Waals surface area (Å²) in [6, 6.07) is 14.3. The highest BCUT2D eigenvalue weighted by molar-refractivity contribution is 5.94. The molecule has 4 rings (SSSR count). The second kappa shape index (κ2) is 8.61. The van der Waals surface area contributed by atoms with Crippen molar-refractivity contribution in [2.75, 3.05) is 18.8 Å². The second-order valence-electron chi connectivity index (χ2n) is 7.89. The topological polar surface area (TPSA) is 72.1 Å². The highest BCUT2D eigenvalue weighted by Gasteiger charge is 2.26. The monoisotopic (exact) mass is 404 g/mol. The average Bonchev–Trinajstić information content (AvgIpc) is 2.73. The quantitative estimate of drug-likeness (QED) is 0.710. The van der Waals surface area contributed by atoms with Crippen molar-refractivity contribution in [2.24, 2.45) is 0 Å². The molecule has 30 heavy (non-hydrogen) atoms. The molecule has 1 aliphatic heterocycles. The Labute approximate surface area is 175 Å². The molecule has 0 unspecified atom stereocenters. The Hall–Kier alpha value is -3.28. The number of hydrogen-bond donors (Lipinski definition) is 1. The van der Waals surface area contributed by atoms with Gasteiger partial charge in [-0.1, -0.05) is 12.1 Å². The Morgan fingerprint density at radius 2 is 1.93 bits per heavy atom. The van der Waals surface area contributed by atoms with Gasteiger partial charge in [-0.2, -0.15) is 0 Å². The number of nitrogens with zero attached hydrogens (tertiary/aromatic N) is 3. The van der Waals surface area contributed by atoms with E-state index in [4.69, 9.17) is 10.7 Å². The molecule has 3 heterocycles. The van der Waals surface area contributed by atoms with Crippen LogP contribution in [0.5, 0.6) is 0 Å². The van der Waals surface area contributed by atoms with Gasteiger partial charge in [-0.25, -0.2) is 9.37 Å². The van der Waals surface area contributed by atoms with Gasteiger partial charge in [0.05, 0.1) is 5.56 Å². The van der Waals surface area contributed by atoms with Gasteiger partial charge in [-0.15, -0.1) is 0 Å². The van der Waals surface area contributed by atoms with Crippen LogP contribution in [0.15, 0.2) is 54.7 Å². The lowest BCUT2D eigenvalue weighted by molar-refractivity contribution is 0.0711. The molecule has 1 amide bonds. The first-order valence-corrected chi connectivity index (χ1v) is 10.2. The minimum Gasteiger partial charge on any atom is -0.384 e. The van der Waals surface area contributed by atoms with Crippen molar-refractivity contribution >= 4 is 11.7 Å². The number of piperidine rings is 1. The first kappa shape index (κ1) is 20.0. The van der Waals surface area contributed by atoms with Gasteiger partial charge < -0.3 is 10.6 Å². The molecule has 6 heteroatoms. The number of nitrogens with two attached hydrogens (primary N) is 1. The Balaban J connectivity index is 1.43. The normalized spacial score (nSPS) is 14.7. The van der Waals surface area contributed by atoms with Crippen LogP contribution in [0.1, 0.15) is 51.6 Å². The fraction of sp³-hybridized carbons (Fsp3) is 0.292. The molecule has 1 aliphatic rings. The van der Waals surface area contributed by atoms with Crippen LogP contribution in [0.4, 0.5) is 10.2 Å². The maximum atomic E-state index is 13.5. The van der Waals surface area contributed by atoms with E-state index < -0.39 is 0 Å². The molecule has 0 atom stereocenters.